The highest BCUT2D eigenvalue weighted by Crippen LogP contribution is 2.33. The molecule has 1 saturated heterocycles. The lowest BCUT2D eigenvalue weighted by molar-refractivity contribution is -0.137. The summed E-state index contributed by atoms with van der Waals surface area (Å²) in [5.41, 5.74) is 1.81. The molecule has 1 aromatic carbocycles. The van der Waals surface area contributed by atoms with Gasteiger partial charge < -0.3 is 9.80 Å². The Labute approximate surface area is 160 Å². The molecule has 144 valence electrons. The first-order chi connectivity index (χ1) is 12.7. The smallest absolute Gasteiger partial charge is 0.352 e. The number of hydrogen-bond donors (Lipinski definition) is 0. The summed E-state index contributed by atoms with van der Waals surface area (Å²) in [4.78, 5) is 20.2. The third kappa shape index (κ3) is 4.03. The number of alkyl halides is 3. The van der Waals surface area contributed by atoms with E-state index in [0.29, 0.717) is 37.6 Å². The summed E-state index contributed by atoms with van der Waals surface area (Å²) in [6.07, 6.45) is -3.69. The van der Waals surface area contributed by atoms with Crippen molar-refractivity contribution in [3.63, 3.8) is 0 Å². The van der Waals surface area contributed by atoms with Crippen LogP contribution in [-0.4, -0.2) is 42.0 Å². The summed E-state index contributed by atoms with van der Waals surface area (Å²) in [7, 11) is 0. The number of halogens is 4. The summed E-state index contributed by atoms with van der Waals surface area (Å²) in [6, 6.07) is 6.52. The summed E-state index contributed by atoms with van der Waals surface area (Å²) < 4.78 is 38.2. The maximum Gasteiger partial charge on any atom is 0.417 e. The topological polar surface area (TPSA) is 36.4 Å². The van der Waals surface area contributed by atoms with Crippen LogP contribution < -0.4 is 4.90 Å². The standard InChI is InChI=1S/C19H19ClF3N3O/c1-12-4-3-5-15(13(12)2)18(27)26-8-6-25(7-9-26)17-16(20)10-14(11-24-17)19(21,22)23/h3-5,10-11H,6-9H2,1-2H3. The van der Waals surface area contributed by atoms with Gasteiger partial charge >= 0.3 is 6.18 Å². The van der Waals surface area contributed by atoms with Crippen molar-refractivity contribution in [2.75, 3.05) is 31.1 Å². The van der Waals surface area contributed by atoms with Crippen LogP contribution in [0.25, 0.3) is 0 Å². The van der Waals surface area contributed by atoms with Gasteiger partial charge in [-0.2, -0.15) is 13.2 Å². The van der Waals surface area contributed by atoms with Crippen molar-refractivity contribution in [1.29, 1.82) is 0 Å². The zero-order valence-electron chi connectivity index (χ0n) is 15.0. The predicted octanol–water partition coefficient (Wildman–Crippen LogP) is 4.33. The molecular formula is C19H19ClF3N3O. The fraction of sp³-hybridized carbons (Fsp3) is 0.368. The molecule has 0 aliphatic carbocycles. The van der Waals surface area contributed by atoms with Gasteiger partial charge in [-0.1, -0.05) is 23.7 Å². The molecule has 1 aromatic heterocycles. The molecule has 1 aliphatic heterocycles. The maximum atomic E-state index is 12.8. The Kier molecular flexibility index (Phi) is 5.33. The van der Waals surface area contributed by atoms with E-state index in [1.54, 1.807) is 9.80 Å². The lowest BCUT2D eigenvalue weighted by atomic mass is 10.0. The Morgan fingerprint density at radius 3 is 2.41 bits per heavy atom. The molecular weight excluding hydrogens is 379 g/mol. The Morgan fingerprint density at radius 2 is 1.81 bits per heavy atom. The number of piperazine rings is 1. The normalized spacial score (nSPS) is 15.2. The average Bonchev–Trinajstić information content (AvgIpc) is 2.63. The highest BCUT2D eigenvalue weighted by Gasteiger charge is 2.32. The molecule has 8 heteroatoms. The number of carbonyl (C=O) groups excluding carboxylic acids is 1. The van der Waals surface area contributed by atoms with Gasteiger partial charge in [0.15, 0.2) is 0 Å². The van der Waals surface area contributed by atoms with Crippen molar-refractivity contribution in [3.8, 4) is 0 Å². The number of nitrogens with zero attached hydrogens (tertiary/aromatic N) is 3. The highest BCUT2D eigenvalue weighted by molar-refractivity contribution is 6.33. The Balaban J connectivity index is 1.70. The van der Waals surface area contributed by atoms with Crippen LogP contribution in [0, 0.1) is 13.8 Å². The number of aromatic nitrogens is 1. The first-order valence-electron chi connectivity index (χ1n) is 8.51. The van der Waals surface area contributed by atoms with E-state index in [1.807, 2.05) is 32.0 Å². The number of benzene rings is 1. The minimum Gasteiger partial charge on any atom is -0.352 e. The SMILES string of the molecule is Cc1cccc(C(=O)N2CCN(c3ncc(C(F)(F)F)cc3Cl)CC2)c1C. The van der Waals surface area contributed by atoms with Crippen molar-refractivity contribution < 1.29 is 18.0 Å². The van der Waals surface area contributed by atoms with Crippen LogP contribution in [0.1, 0.15) is 27.0 Å². The van der Waals surface area contributed by atoms with Crippen LogP contribution in [0.15, 0.2) is 30.5 Å². The van der Waals surface area contributed by atoms with Crippen LogP contribution in [0.2, 0.25) is 5.02 Å². The number of pyridine rings is 1. The van der Waals surface area contributed by atoms with Crippen LogP contribution in [0.3, 0.4) is 0 Å². The summed E-state index contributed by atoms with van der Waals surface area (Å²) in [6.45, 7) is 5.69. The van der Waals surface area contributed by atoms with Gasteiger partial charge in [0.25, 0.3) is 5.91 Å². The fourth-order valence-corrected chi connectivity index (χ4v) is 3.38. The Hall–Kier alpha value is -2.28. The summed E-state index contributed by atoms with van der Waals surface area (Å²) >= 11 is 6.02. The zero-order chi connectivity index (χ0) is 19.8. The van der Waals surface area contributed by atoms with E-state index < -0.39 is 11.7 Å². The number of aryl methyl sites for hydroxylation is 1. The fourth-order valence-electron chi connectivity index (χ4n) is 3.09. The van der Waals surface area contributed by atoms with Crippen molar-refractivity contribution in [1.82, 2.24) is 9.88 Å². The molecule has 27 heavy (non-hydrogen) atoms. The van der Waals surface area contributed by atoms with Crippen molar-refractivity contribution in [2.45, 2.75) is 20.0 Å². The molecule has 0 spiro atoms. The minimum absolute atomic E-state index is 0.0395. The molecule has 4 nitrogen and oxygen atoms in total. The summed E-state index contributed by atoms with van der Waals surface area (Å²) in [5.74, 6) is 0.269. The van der Waals surface area contributed by atoms with E-state index in [1.165, 1.54) is 0 Å². The molecule has 3 rings (SSSR count). The van der Waals surface area contributed by atoms with E-state index >= 15 is 0 Å². The van der Waals surface area contributed by atoms with E-state index in [9.17, 15) is 18.0 Å². The second-order valence-corrected chi connectivity index (χ2v) is 6.96. The lowest BCUT2D eigenvalue weighted by Crippen LogP contribution is -2.49. The first kappa shape index (κ1) is 19.5. The van der Waals surface area contributed by atoms with Crippen LogP contribution in [0.4, 0.5) is 19.0 Å². The monoisotopic (exact) mass is 397 g/mol. The number of anilines is 1. The van der Waals surface area contributed by atoms with E-state index in [-0.39, 0.29) is 10.9 Å². The van der Waals surface area contributed by atoms with Crippen LogP contribution in [0.5, 0.6) is 0 Å². The molecule has 0 atom stereocenters. The van der Waals surface area contributed by atoms with E-state index in [2.05, 4.69) is 4.98 Å². The Bertz CT molecular complexity index is 862. The second kappa shape index (κ2) is 7.38. The van der Waals surface area contributed by atoms with E-state index in [0.717, 1.165) is 23.4 Å². The molecule has 1 fully saturated rings. The molecule has 1 amide bonds. The van der Waals surface area contributed by atoms with Crippen molar-refractivity contribution in [3.05, 3.63) is 57.7 Å². The van der Waals surface area contributed by atoms with Gasteiger partial charge in [-0.15, -0.1) is 0 Å². The lowest BCUT2D eigenvalue weighted by Gasteiger charge is -2.36. The van der Waals surface area contributed by atoms with Crippen LogP contribution in [-0.2, 0) is 6.18 Å². The van der Waals surface area contributed by atoms with Crippen LogP contribution >= 0.6 is 11.6 Å². The zero-order valence-corrected chi connectivity index (χ0v) is 15.7. The quantitative estimate of drug-likeness (QED) is 0.756. The third-order valence-corrected chi connectivity index (χ3v) is 5.13. The molecule has 0 unspecified atom stereocenters. The second-order valence-electron chi connectivity index (χ2n) is 6.55. The maximum absolute atomic E-state index is 12.8. The molecule has 0 radical (unpaired) electrons. The Morgan fingerprint density at radius 1 is 1.15 bits per heavy atom. The minimum atomic E-state index is -4.48. The van der Waals surface area contributed by atoms with Crippen molar-refractivity contribution >= 4 is 23.3 Å². The van der Waals surface area contributed by atoms with Gasteiger partial charge in [0, 0.05) is 37.9 Å². The number of rotatable bonds is 2. The van der Waals surface area contributed by atoms with Gasteiger partial charge in [-0.3, -0.25) is 4.79 Å². The molecule has 1 aliphatic rings. The number of amides is 1. The van der Waals surface area contributed by atoms with Gasteiger partial charge in [0.05, 0.1) is 10.6 Å². The third-order valence-electron chi connectivity index (χ3n) is 4.85. The molecule has 2 aromatic rings. The molecule has 0 N–H and O–H groups in total. The largest absolute Gasteiger partial charge is 0.417 e. The predicted molar refractivity (Wildman–Crippen MR) is 98.3 cm³/mol. The first-order valence-corrected chi connectivity index (χ1v) is 8.89. The molecule has 0 bridgehead atoms. The van der Waals surface area contributed by atoms with Gasteiger partial charge in [0.2, 0.25) is 0 Å². The van der Waals surface area contributed by atoms with Gasteiger partial charge in [0.1, 0.15) is 5.82 Å². The number of hydrogen-bond acceptors (Lipinski definition) is 3. The van der Waals surface area contributed by atoms with Gasteiger partial charge in [-0.25, -0.2) is 4.98 Å². The highest BCUT2D eigenvalue weighted by atomic mass is 35.5. The summed E-state index contributed by atoms with van der Waals surface area (Å²) in [5, 5.41) is -0.0425. The van der Waals surface area contributed by atoms with Crippen molar-refractivity contribution in [2.24, 2.45) is 0 Å². The number of carbonyl (C=O) groups is 1. The van der Waals surface area contributed by atoms with E-state index in [4.69, 9.17) is 11.6 Å². The molecule has 2 heterocycles. The molecule has 0 saturated carbocycles. The van der Waals surface area contributed by atoms with Gasteiger partial charge in [-0.05, 0) is 37.1 Å². The average molecular weight is 398 g/mol.